The van der Waals surface area contributed by atoms with Gasteiger partial charge in [-0.1, -0.05) is 109 Å². The van der Waals surface area contributed by atoms with Crippen LogP contribution in [0.3, 0.4) is 0 Å². The fraction of sp³-hybridized carbons (Fsp3) is 0.333. The van der Waals surface area contributed by atoms with Crippen LogP contribution in [0.25, 0.3) is 0 Å². The summed E-state index contributed by atoms with van der Waals surface area (Å²) in [6.45, 7) is 5.81. The summed E-state index contributed by atoms with van der Waals surface area (Å²) in [6.07, 6.45) is -1.39. The molecule has 0 bridgehead atoms. The second-order valence-corrected chi connectivity index (χ2v) is 13.4. The molecule has 0 spiro atoms. The van der Waals surface area contributed by atoms with Gasteiger partial charge < -0.3 is 18.9 Å². The van der Waals surface area contributed by atoms with Crippen LogP contribution in [0, 0.1) is 6.92 Å². The van der Waals surface area contributed by atoms with Crippen molar-refractivity contribution in [1.82, 2.24) is 0 Å². The molecular formula is C36H38O7S. The van der Waals surface area contributed by atoms with E-state index in [1.165, 1.54) is 0 Å². The SMILES string of the molecule is Cc1ccc(S(=O)(=O)OCC[C@@H]2O[C@H](COC(c3ccccc3)(c3ccccc3)c3ccccc3)[C@H]3OC(C)(C)O[C@H]32)cc1. The Balaban J connectivity index is 1.25. The van der Waals surface area contributed by atoms with Crippen molar-refractivity contribution in [3.63, 3.8) is 0 Å². The molecule has 2 heterocycles. The van der Waals surface area contributed by atoms with Gasteiger partial charge in [0.05, 0.1) is 24.2 Å². The molecule has 0 radical (unpaired) electrons. The second-order valence-electron chi connectivity index (χ2n) is 11.7. The summed E-state index contributed by atoms with van der Waals surface area (Å²) in [7, 11) is -3.90. The number of rotatable bonds is 11. The maximum atomic E-state index is 12.8. The van der Waals surface area contributed by atoms with Crippen LogP contribution in [-0.4, -0.2) is 51.8 Å². The predicted octanol–water partition coefficient (Wildman–Crippen LogP) is 6.39. The van der Waals surface area contributed by atoms with E-state index in [4.69, 9.17) is 23.1 Å². The lowest BCUT2D eigenvalue weighted by molar-refractivity contribution is -0.196. The van der Waals surface area contributed by atoms with Crippen molar-refractivity contribution in [3.05, 3.63) is 138 Å². The van der Waals surface area contributed by atoms with Gasteiger partial charge in [0.25, 0.3) is 10.1 Å². The zero-order valence-electron chi connectivity index (χ0n) is 25.2. The van der Waals surface area contributed by atoms with Gasteiger partial charge in [-0.2, -0.15) is 8.42 Å². The average Bonchev–Trinajstić information content (AvgIpc) is 3.52. The molecule has 2 saturated heterocycles. The first-order valence-electron chi connectivity index (χ1n) is 15.0. The number of aryl methyl sites for hydroxylation is 1. The average molecular weight is 615 g/mol. The third kappa shape index (κ3) is 6.24. The fourth-order valence-corrected chi connectivity index (χ4v) is 7.08. The van der Waals surface area contributed by atoms with E-state index in [0.29, 0.717) is 6.42 Å². The largest absolute Gasteiger partial charge is 0.367 e. The minimum atomic E-state index is -3.90. The molecule has 44 heavy (non-hydrogen) atoms. The molecule has 7 nitrogen and oxygen atoms in total. The van der Waals surface area contributed by atoms with Crippen molar-refractivity contribution >= 4 is 10.1 Å². The van der Waals surface area contributed by atoms with Gasteiger partial charge in [0, 0.05) is 6.42 Å². The van der Waals surface area contributed by atoms with Crippen LogP contribution in [0.15, 0.2) is 120 Å². The molecule has 0 aliphatic carbocycles. The standard InChI is InChI=1S/C36H38O7S/c1-26-19-21-30(22-20-26)44(37,38)40-24-23-31-33-34(43-35(2,3)42-33)32(41-31)25-39-36(27-13-7-4-8-14-27,28-15-9-5-10-16-28)29-17-11-6-12-18-29/h4-22,31-34H,23-25H2,1-3H3/t31-,32+,33-,34+/m0/s1. The third-order valence-electron chi connectivity index (χ3n) is 8.20. The molecule has 8 heteroatoms. The van der Waals surface area contributed by atoms with Crippen molar-refractivity contribution in [1.29, 1.82) is 0 Å². The summed E-state index contributed by atoms with van der Waals surface area (Å²) >= 11 is 0. The predicted molar refractivity (Wildman–Crippen MR) is 167 cm³/mol. The van der Waals surface area contributed by atoms with Crippen molar-refractivity contribution in [2.75, 3.05) is 13.2 Å². The molecule has 6 rings (SSSR count). The molecule has 0 saturated carbocycles. The Morgan fingerprint density at radius 3 is 1.68 bits per heavy atom. The molecule has 0 N–H and O–H groups in total. The number of ether oxygens (including phenoxy) is 4. The Kier molecular flexibility index (Phi) is 8.75. The first-order valence-corrected chi connectivity index (χ1v) is 16.4. The first kappa shape index (κ1) is 30.6. The van der Waals surface area contributed by atoms with Crippen LogP contribution < -0.4 is 0 Å². The summed E-state index contributed by atoms with van der Waals surface area (Å²) in [4.78, 5) is 0.125. The monoisotopic (exact) mass is 614 g/mol. The van der Waals surface area contributed by atoms with Gasteiger partial charge in [0.2, 0.25) is 0 Å². The van der Waals surface area contributed by atoms with E-state index in [-0.39, 0.29) is 18.1 Å². The Labute approximate surface area is 259 Å². The lowest BCUT2D eigenvalue weighted by Crippen LogP contribution is -2.39. The zero-order chi connectivity index (χ0) is 30.8. The molecule has 2 fully saturated rings. The van der Waals surface area contributed by atoms with Crippen LogP contribution in [0.5, 0.6) is 0 Å². The molecule has 4 aromatic carbocycles. The molecule has 4 aromatic rings. The zero-order valence-corrected chi connectivity index (χ0v) is 26.0. The lowest BCUT2D eigenvalue weighted by atomic mass is 9.80. The smallest absolute Gasteiger partial charge is 0.296 e. The number of hydrogen-bond acceptors (Lipinski definition) is 7. The molecule has 2 aliphatic heterocycles. The Bertz CT molecular complexity index is 1530. The van der Waals surface area contributed by atoms with Crippen LogP contribution in [-0.2, 0) is 38.8 Å². The molecule has 0 unspecified atom stereocenters. The van der Waals surface area contributed by atoms with E-state index in [0.717, 1.165) is 22.3 Å². The van der Waals surface area contributed by atoms with E-state index >= 15 is 0 Å². The maximum Gasteiger partial charge on any atom is 0.296 e. The van der Waals surface area contributed by atoms with E-state index in [1.54, 1.807) is 24.3 Å². The molecule has 2 aliphatic rings. The van der Waals surface area contributed by atoms with Crippen LogP contribution in [0.2, 0.25) is 0 Å². The number of benzene rings is 4. The van der Waals surface area contributed by atoms with E-state index in [9.17, 15) is 8.42 Å². The Morgan fingerprint density at radius 2 is 1.18 bits per heavy atom. The van der Waals surface area contributed by atoms with Crippen molar-refractivity contribution in [2.24, 2.45) is 0 Å². The van der Waals surface area contributed by atoms with E-state index < -0.39 is 45.9 Å². The minimum absolute atomic E-state index is 0.0521. The second kappa shape index (κ2) is 12.6. The van der Waals surface area contributed by atoms with Gasteiger partial charge in [0.1, 0.15) is 23.9 Å². The minimum Gasteiger partial charge on any atom is -0.367 e. The van der Waals surface area contributed by atoms with Gasteiger partial charge in [-0.05, 0) is 49.6 Å². The molecular weight excluding hydrogens is 576 g/mol. The van der Waals surface area contributed by atoms with Crippen molar-refractivity contribution in [2.45, 2.75) is 67.9 Å². The third-order valence-corrected chi connectivity index (χ3v) is 9.53. The Hall–Kier alpha value is -3.37. The Morgan fingerprint density at radius 1 is 0.705 bits per heavy atom. The summed E-state index contributed by atoms with van der Waals surface area (Å²) in [5.41, 5.74) is 3.02. The molecule has 0 aromatic heterocycles. The highest BCUT2D eigenvalue weighted by atomic mass is 32.2. The van der Waals surface area contributed by atoms with Gasteiger partial charge >= 0.3 is 0 Å². The van der Waals surface area contributed by atoms with E-state index in [2.05, 4.69) is 36.4 Å². The summed E-state index contributed by atoms with van der Waals surface area (Å²) in [6, 6.07) is 37.1. The van der Waals surface area contributed by atoms with Gasteiger partial charge in [-0.25, -0.2) is 0 Å². The van der Waals surface area contributed by atoms with E-state index in [1.807, 2.05) is 75.4 Å². The van der Waals surface area contributed by atoms with Crippen molar-refractivity contribution in [3.8, 4) is 0 Å². The van der Waals surface area contributed by atoms with Gasteiger partial charge in [-0.3, -0.25) is 4.18 Å². The first-order chi connectivity index (χ1) is 21.2. The summed E-state index contributed by atoms with van der Waals surface area (Å²) in [5, 5.41) is 0. The molecule has 4 atom stereocenters. The molecule has 0 amide bonds. The van der Waals surface area contributed by atoms with Crippen LogP contribution in [0.4, 0.5) is 0 Å². The maximum absolute atomic E-state index is 12.8. The highest BCUT2D eigenvalue weighted by Gasteiger charge is 2.55. The quantitative estimate of drug-likeness (QED) is 0.143. The fourth-order valence-electron chi connectivity index (χ4n) is 6.16. The normalized spacial score (nSPS) is 23.0. The number of fused-ring (bicyclic) bond motifs is 1. The van der Waals surface area contributed by atoms with Crippen LogP contribution >= 0.6 is 0 Å². The highest BCUT2D eigenvalue weighted by Crippen LogP contribution is 2.44. The summed E-state index contributed by atoms with van der Waals surface area (Å²) in [5.74, 6) is -0.820. The number of hydrogen-bond donors (Lipinski definition) is 0. The van der Waals surface area contributed by atoms with Crippen LogP contribution in [0.1, 0.15) is 42.5 Å². The topological polar surface area (TPSA) is 80.3 Å². The summed E-state index contributed by atoms with van der Waals surface area (Å²) < 4.78 is 57.1. The highest BCUT2D eigenvalue weighted by molar-refractivity contribution is 7.86. The molecule has 230 valence electrons. The van der Waals surface area contributed by atoms with Gasteiger partial charge in [-0.15, -0.1) is 0 Å². The van der Waals surface area contributed by atoms with Crippen molar-refractivity contribution < 1.29 is 31.5 Å². The van der Waals surface area contributed by atoms with Gasteiger partial charge in [0.15, 0.2) is 5.79 Å². The lowest BCUT2D eigenvalue weighted by Gasteiger charge is -2.37.